The van der Waals surface area contributed by atoms with Crippen LogP contribution in [0.15, 0.2) is 185 Å². The van der Waals surface area contributed by atoms with E-state index >= 15 is 0 Å². The Morgan fingerprint density at radius 3 is 1.60 bits per heavy atom. The molecule has 0 fully saturated rings. The molecule has 0 N–H and O–H groups in total. The van der Waals surface area contributed by atoms with Crippen LogP contribution in [-0.4, -0.2) is 39.9 Å². The van der Waals surface area contributed by atoms with E-state index in [4.69, 9.17) is 27.8 Å². The first-order valence-electron chi connectivity index (χ1n) is 22.5. The maximum atomic E-state index is 6.17. The van der Waals surface area contributed by atoms with Gasteiger partial charge in [0, 0.05) is 42.0 Å². The molecular formula is C56H41B2NO6. The minimum atomic E-state index is 0.0551. The van der Waals surface area contributed by atoms with Gasteiger partial charge in [0.2, 0.25) is 13.4 Å². The molecule has 0 saturated heterocycles. The Bertz CT molecular complexity index is 3240. The molecule has 9 aromatic rings. The average Bonchev–Trinajstić information content (AvgIpc) is 4.19. The lowest BCUT2D eigenvalue weighted by molar-refractivity contribution is 0.210. The van der Waals surface area contributed by atoms with Crippen molar-refractivity contribution in [1.29, 1.82) is 0 Å². The Balaban J connectivity index is 0.892. The Morgan fingerprint density at radius 2 is 0.954 bits per heavy atom. The highest BCUT2D eigenvalue weighted by Gasteiger charge is 2.50. The van der Waals surface area contributed by atoms with Gasteiger partial charge in [0.25, 0.3) is 11.9 Å². The number of ether oxygens (including phenoxy) is 4. The van der Waals surface area contributed by atoms with Crippen LogP contribution < -0.4 is 56.6 Å². The molecule has 0 spiro atoms. The molecule has 0 atom stereocenters. The van der Waals surface area contributed by atoms with Crippen LogP contribution in [0.3, 0.4) is 0 Å². The van der Waals surface area contributed by atoms with Crippen molar-refractivity contribution in [2.45, 2.75) is 12.8 Å². The number of fused-ring (bicyclic) bond motifs is 10. The number of hydrogen-bond donors (Lipinski definition) is 0. The summed E-state index contributed by atoms with van der Waals surface area (Å²) in [7, 11) is 0. The van der Waals surface area contributed by atoms with E-state index in [0.29, 0.717) is 38.3 Å². The van der Waals surface area contributed by atoms with E-state index in [-0.39, 0.29) is 13.4 Å². The van der Waals surface area contributed by atoms with Crippen LogP contribution in [0.2, 0.25) is 0 Å². The zero-order valence-electron chi connectivity index (χ0n) is 35.5. The molecule has 0 saturated carbocycles. The van der Waals surface area contributed by atoms with Gasteiger partial charge in [-0.2, -0.15) is 0 Å². The summed E-state index contributed by atoms with van der Waals surface area (Å²) in [5, 5.41) is 0. The van der Waals surface area contributed by atoms with Gasteiger partial charge in [-0.3, -0.25) is 0 Å². The smallest absolute Gasteiger partial charge is 0.284 e. The van der Waals surface area contributed by atoms with Crippen LogP contribution in [0.4, 0.5) is 17.1 Å². The topological polar surface area (TPSA) is 66.4 Å². The SMILES string of the molecule is c1coc(OCCCOc2ccc(-c3cc4c5c(c3)B3c6ccccc6-c6c(-c7ccc(OCCCOc8ccco8)cc7)ccc(c63)N5c3cccc5c3B4c3ccccc3-5)cc2)c1. The van der Waals surface area contributed by atoms with Crippen molar-refractivity contribution < 1.29 is 27.8 Å². The molecule has 65 heavy (non-hydrogen) atoms. The van der Waals surface area contributed by atoms with Gasteiger partial charge >= 0.3 is 0 Å². The summed E-state index contributed by atoms with van der Waals surface area (Å²) >= 11 is 0. The van der Waals surface area contributed by atoms with Crippen molar-refractivity contribution in [3.63, 3.8) is 0 Å². The molecule has 0 unspecified atom stereocenters. The van der Waals surface area contributed by atoms with Crippen LogP contribution in [0, 0.1) is 0 Å². The van der Waals surface area contributed by atoms with E-state index in [1.807, 2.05) is 24.3 Å². The van der Waals surface area contributed by atoms with E-state index in [2.05, 4.69) is 144 Å². The number of furan rings is 2. The third-order valence-corrected chi connectivity index (χ3v) is 13.4. The molecule has 312 valence electrons. The predicted octanol–water partition coefficient (Wildman–Crippen LogP) is 8.99. The monoisotopic (exact) mass is 845 g/mol. The Kier molecular flexibility index (Phi) is 9.00. The van der Waals surface area contributed by atoms with Crippen LogP contribution in [0.1, 0.15) is 12.8 Å². The highest BCUT2D eigenvalue weighted by Crippen LogP contribution is 2.47. The first-order chi connectivity index (χ1) is 32.3. The van der Waals surface area contributed by atoms with Gasteiger partial charge in [0.1, 0.15) is 11.5 Å². The second kappa shape index (κ2) is 15.5. The number of rotatable bonds is 14. The summed E-state index contributed by atoms with van der Waals surface area (Å²) < 4.78 is 34.2. The van der Waals surface area contributed by atoms with Crippen LogP contribution in [0.25, 0.3) is 44.5 Å². The van der Waals surface area contributed by atoms with Gasteiger partial charge in [0.15, 0.2) is 0 Å². The molecule has 2 aromatic heterocycles. The second-order valence-corrected chi connectivity index (χ2v) is 17.1. The second-order valence-electron chi connectivity index (χ2n) is 17.1. The van der Waals surface area contributed by atoms with Gasteiger partial charge in [-0.1, -0.05) is 114 Å². The minimum absolute atomic E-state index is 0.0551. The van der Waals surface area contributed by atoms with Crippen molar-refractivity contribution in [3.8, 4) is 67.9 Å². The van der Waals surface area contributed by atoms with Gasteiger partial charge in [-0.25, -0.2) is 0 Å². The number of benzene rings is 7. The first-order valence-corrected chi connectivity index (χ1v) is 22.5. The molecule has 13 rings (SSSR count). The number of nitrogens with zero attached hydrogens (tertiary/aromatic N) is 1. The zero-order valence-corrected chi connectivity index (χ0v) is 35.5. The van der Waals surface area contributed by atoms with Gasteiger partial charge in [-0.05, 0) is 115 Å². The molecule has 7 aromatic carbocycles. The van der Waals surface area contributed by atoms with E-state index < -0.39 is 0 Å². The van der Waals surface area contributed by atoms with Gasteiger partial charge in [-0.15, -0.1) is 0 Å². The van der Waals surface area contributed by atoms with Crippen molar-refractivity contribution in [2.24, 2.45) is 0 Å². The normalized spacial score (nSPS) is 12.9. The zero-order chi connectivity index (χ0) is 42.8. The standard InChI is InChI=1S/C56H41B2NO6/c1-3-13-45-42(10-1)43-12-5-15-49-54(43)57(45)47-34-38(36-18-22-39(23-19-36)60-30-8-32-64-51-16-6-28-62-51)35-48-56(47)59(49)50-27-26-41(53-44-11-2-4-14-46(44)58(48)55(50)53)37-20-24-40(25-21-37)61-31-9-33-65-52-17-7-29-63-52/h1-7,10-29,34-35H,8-9,30-33H2. The van der Waals surface area contributed by atoms with Crippen molar-refractivity contribution in [2.75, 3.05) is 31.3 Å². The Labute approximate surface area is 378 Å². The van der Waals surface area contributed by atoms with Gasteiger partial charge < -0.3 is 32.7 Å². The lowest BCUT2D eigenvalue weighted by Gasteiger charge is -2.43. The van der Waals surface area contributed by atoms with Crippen molar-refractivity contribution in [3.05, 3.63) is 176 Å². The molecular weight excluding hydrogens is 804 g/mol. The summed E-state index contributed by atoms with van der Waals surface area (Å²) in [5.41, 5.74) is 22.0. The molecule has 0 aliphatic carbocycles. The van der Waals surface area contributed by atoms with E-state index in [9.17, 15) is 0 Å². The molecule has 0 radical (unpaired) electrons. The van der Waals surface area contributed by atoms with E-state index in [0.717, 1.165) is 35.5 Å². The minimum Gasteiger partial charge on any atom is -0.493 e. The molecule has 4 aliphatic heterocycles. The molecule has 6 heterocycles. The van der Waals surface area contributed by atoms with Crippen molar-refractivity contribution >= 4 is 63.3 Å². The van der Waals surface area contributed by atoms with Crippen LogP contribution >= 0.6 is 0 Å². The van der Waals surface area contributed by atoms with E-state index in [1.54, 1.807) is 12.5 Å². The Hall–Kier alpha value is -7.77. The fourth-order valence-corrected chi connectivity index (χ4v) is 10.8. The highest BCUT2D eigenvalue weighted by atomic mass is 16.6. The maximum absolute atomic E-state index is 6.17. The van der Waals surface area contributed by atoms with Gasteiger partial charge in [0.05, 0.1) is 39.0 Å². The number of hydrogen-bond acceptors (Lipinski definition) is 7. The fourth-order valence-electron chi connectivity index (χ4n) is 10.8. The summed E-state index contributed by atoms with van der Waals surface area (Å²) in [6, 6.07) is 59.1. The van der Waals surface area contributed by atoms with Crippen LogP contribution in [-0.2, 0) is 0 Å². The fraction of sp³-hybridized carbons (Fsp3) is 0.107. The molecule has 9 heteroatoms. The quantitative estimate of drug-likeness (QED) is 0.0800. The molecule has 4 aliphatic rings. The number of anilines is 3. The lowest BCUT2D eigenvalue weighted by atomic mass is 9.32. The third kappa shape index (κ3) is 6.21. The molecule has 0 bridgehead atoms. The van der Waals surface area contributed by atoms with Crippen LogP contribution in [0.5, 0.6) is 23.4 Å². The Morgan fingerprint density at radius 1 is 0.400 bits per heavy atom. The maximum Gasteiger partial charge on any atom is 0.284 e. The summed E-state index contributed by atoms with van der Waals surface area (Å²) in [4.78, 5) is 2.60. The summed E-state index contributed by atoms with van der Waals surface area (Å²) in [6.45, 7) is 2.33. The van der Waals surface area contributed by atoms with E-state index in [1.165, 1.54) is 83.2 Å². The average molecular weight is 846 g/mol. The van der Waals surface area contributed by atoms with Crippen molar-refractivity contribution in [1.82, 2.24) is 0 Å². The third-order valence-electron chi connectivity index (χ3n) is 13.4. The lowest BCUT2D eigenvalue weighted by Crippen LogP contribution is -2.63. The summed E-state index contributed by atoms with van der Waals surface area (Å²) in [6.07, 6.45) is 4.73. The predicted molar refractivity (Wildman–Crippen MR) is 261 cm³/mol. The highest BCUT2D eigenvalue weighted by molar-refractivity contribution is 7.05. The largest absolute Gasteiger partial charge is 0.493 e. The first kappa shape index (κ1) is 37.8. The molecule has 7 nitrogen and oxygen atoms in total. The summed E-state index contributed by atoms with van der Waals surface area (Å²) in [5.74, 6) is 2.73. The molecule has 0 amide bonds.